The molecule has 224 valence electrons. The molecule has 3 aliphatic carbocycles. The zero-order valence-electron chi connectivity index (χ0n) is 24.5. The van der Waals surface area contributed by atoms with E-state index in [9.17, 15) is 24.0 Å². The lowest BCUT2D eigenvalue weighted by Crippen LogP contribution is -2.36. The third-order valence-corrected chi connectivity index (χ3v) is 8.97. The number of methoxy groups -OCH3 is 3. The van der Waals surface area contributed by atoms with Crippen LogP contribution in [0.2, 0.25) is 5.02 Å². The topological polar surface area (TPSA) is 127 Å². The van der Waals surface area contributed by atoms with E-state index in [1.165, 1.54) is 34.5 Å². The predicted octanol–water partition coefficient (Wildman–Crippen LogP) is 4.49. The molecule has 0 saturated heterocycles. The highest BCUT2D eigenvalue weighted by atomic mass is 35.5. The minimum atomic E-state index is -1.79. The highest BCUT2D eigenvalue weighted by Gasteiger charge is 2.61. The Morgan fingerprint density at radius 2 is 1.50 bits per heavy atom. The van der Waals surface area contributed by atoms with Gasteiger partial charge in [-0.25, -0.2) is 0 Å². The highest BCUT2D eigenvalue weighted by molar-refractivity contribution is 6.40. The van der Waals surface area contributed by atoms with Gasteiger partial charge in [-0.1, -0.05) is 29.8 Å². The van der Waals surface area contributed by atoms with Gasteiger partial charge in [0, 0.05) is 11.5 Å². The summed E-state index contributed by atoms with van der Waals surface area (Å²) in [4.78, 5) is 74.8. The summed E-state index contributed by atoms with van der Waals surface area (Å²) in [5, 5.41) is 0.829. The van der Waals surface area contributed by atoms with Crippen LogP contribution in [0.3, 0.4) is 0 Å². The van der Waals surface area contributed by atoms with Crippen molar-refractivity contribution in [1.82, 2.24) is 4.73 Å². The number of hydrogen-bond donors (Lipinski definition) is 0. The van der Waals surface area contributed by atoms with Crippen LogP contribution in [0.4, 0.5) is 0 Å². The molecule has 1 heterocycles. The van der Waals surface area contributed by atoms with E-state index in [0.29, 0.717) is 16.6 Å². The van der Waals surface area contributed by atoms with Crippen molar-refractivity contribution in [3.63, 3.8) is 0 Å². The van der Waals surface area contributed by atoms with Crippen molar-refractivity contribution in [3.8, 4) is 11.5 Å². The third kappa shape index (κ3) is 3.57. The van der Waals surface area contributed by atoms with Crippen LogP contribution in [0.5, 0.6) is 11.5 Å². The molecule has 44 heavy (non-hydrogen) atoms. The number of allylic oxidation sites excluding steroid dienone is 5. The fourth-order valence-electron chi connectivity index (χ4n) is 6.63. The molecule has 2 aromatic carbocycles. The van der Waals surface area contributed by atoms with E-state index >= 15 is 0 Å². The molecule has 1 aromatic heterocycles. The Labute approximate surface area is 256 Å². The summed E-state index contributed by atoms with van der Waals surface area (Å²) in [6.45, 7) is 1.86. The lowest BCUT2D eigenvalue weighted by atomic mass is 9.76. The normalized spacial score (nSPS) is 18.8. The number of aromatic nitrogens is 1. The SMILES string of the molecule is CC=CC=Cc1cc2c(Cl)c3c(cc2c(=O)n1OC)[C@@]1(CC3)C(=O)c2c(OC)c3c(c(OC)c2C1=O)C(=O)C(OC)=CC3=O. The maximum Gasteiger partial charge on any atom is 0.291 e. The molecule has 0 fully saturated rings. The number of halogens is 1. The van der Waals surface area contributed by atoms with E-state index in [1.54, 1.807) is 24.3 Å². The Balaban J connectivity index is 1.64. The van der Waals surface area contributed by atoms with E-state index in [-0.39, 0.29) is 68.3 Å². The van der Waals surface area contributed by atoms with Gasteiger partial charge in [-0.3, -0.25) is 24.0 Å². The van der Waals surface area contributed by atoms with Crippen LogP contribution in [-0.4, -0.2) is 56.3 Å². The maximum atomic E-state index is 14.6. The van der Waals surface area contributed by atoms with Crippen LogP contribution in [0.15, 0.2) is 47.0 Å². The van der Waals surface area contributed by atoms with Crippen LogP contribution in [0.25, 0.3) is 16.8 Å². The van der Waals surface area contributed by atoms with Crippen LogP contribution < -0.4 is 19.9 Å². The van der Waals surface area contributed by atoms with Crippen molar-refractivity contribution in [2.75, 3.05) is 28.4 Å². The molecule has 0 bridgehead atoms. The largest absolute Gasteiger partial charge is 0.495 e. The first-order valence-electron chi connectivity index (χ1n) is 13.6. The molecule has 3 aliphatic rings. The van der Waals surface area contributed by atoms with Gasteiger partial charge < -0.3 is 19.0 Å². The number of hydrogen-bond acceptors (Lipinski definition) is 9. The van der Waals surface area contributed by atoms with Crippen molar-refractivity contribution < 1.29 is 38.2 Å². The van der Waals surface area contributed by atoms with E-state index < -0.39 is 34.1 Å². The van der Waals surface area contributed by atoms with Crippen LogP contribution in [0.1, 0.15) is 71.6 Å². The van der Waals surface area contributed by atoms with Gasteiger partial charge in [0.1, 0.15) is 24.0 Å². The number of fused-ring (bicyclic) bond motifs is 5. The van der Waals surface area contributed by atoms with Gasteiger partial charge in [0.15, 0.2) is 23.1 Å². The average Bonchev–Trinajstić information content (AvgIpc) is 3.51. The minimum absolute atomic E-state index is 0.0394. The lowest BCUT2D eigenvalue weighted by molar-refractivity contribution is 0.0793. The Morgan fingerprint density at radius 1 is 0.841 bits per heavy atom. The fourth-order valence-corrected chi connectivity index (χ4v) is 6.98. The molecular weight excluding hydrogens is 590 g/mol. The fraction of sp³-hybridized carbons (Fsp3) is 0.242. The first kappa shape index (κ1) is 29.1. The summed E-state index contributed by atoms with van der Waals surface area (Å²) in [7, 11) is 5.09. The number of carbonyl (C=O) groups is 4. The number of ether oxygens (including phenoxy) is 3. The Kier molecular flexibility index (Phi) is 6.85. The smallest absolute Gasteiger partial charge is 0.291 e. The van der Waals surface area contributed by atoms with Crippen LogP contribution in [-0.2, 0) is 16.6 Å². The number of pyridine rings is 1. The van der Waals surface area contributed by atoms with Crippen molar-refractivity contribution in [2.45, 2.75) is 25.2 Å². The number of benzene rings is 2. The molecule has 11 heteroatoms. The van der Waals surface area contributed by atoms with E-state index in [2.05, 4.69) is 0 Å². The minimum Gasteiger partial charge on any atom is -0.495 e. The number of nitrogens with zero attached hydrogens (tertiary/aromatic N) is 1. The van der Waals surface area contributed by atoms with E-state index in [4.69, 9.17) is 30.6 Å². The van der Waals surface area contributed by atoms with Gasteiger partial charge in [-0.2, -0.15) is 0 Å². The van der Waals surface area contributed by atoms with Crippen molar-refractivity contribution >= 4 is 51.6 Å². The van der Waals surface area contributed by atoms with E-state index in [1.807, 2.05) is 13.0 Å². The van der Waals surface area contributed by atoms with Crippen molar-refractivity contribution in [1.29, 1.82) is 0 Å². The summed E-state index contributed by atoms with van der Waals surface area (Å²) in [5.41, 5.74) is -1.81. The molecule has 6 rings (SSSR count). The molecule has 0 N–H and O–H groups in total. The molecule has 0 radical (unpaired) electrons. The van der Waals surface area contributed by atoms with Gasteiger partial charge in [-0.05, 0) is 49.1 Å². The second-order valence-corrected chi connectivity index (χ2v) is 10.8. The molecule has 1 atom stereocenters. The summed E-state index contributed by atoms with van der Waals surface area (Å²) < 4.78 is 17.4. The third-order valence-electron chi connectivity index (χ3n) is 8.54. The quantitative estimate of drug-likeness (QED) is 0.291. The first-order valence-corrected chi connectivity index (χ1v) is 14.0. The predicted molar refractivity (Wildman–Crippen MR) is 162 cm³/mol. The molecule has 3 aromatic rings. The van der Waals surface area contributed by atoms with Gasteiger partial charge >= 0.3 is 0 Å². The van der Waals surface area contributed by atoms with Gasteiger partial charge in [0.25, 0.3) is 5.56 Å². The number of ketones is 4. The summed E-state index contributed by atoms with van der Waals surface area (Å²) >= 11 is 6.94. The molecular formula is C33H26ClNO9. The monoisotopic (exact) mass is 615 g/mol. The van der Waals surface area contributed by atoms with Crippen molar-refractivity contribution in [2.24, 2.45) is 0 Å². The zero-order valence-corrected chi connectivity index (χ0v) is 25.2. The zero-order chi connectivity index (χ0) is 31.7. The maximum absolute atomic E-state index is 14.6. The standard InChI is InChI=1S/C33H26ClNO9/c1-6-7-8-9-15-12-17-18(32(40)35(15)44-5)13-19-16(26(17)34)10-11-33(19)30(38)24-25(31(33)39)29(43-4)23-22(28(24)42-3)20(36)14-21(41-2)27(23)37/h6-9,12-14H,10-11H2,1-5H3/t33-/m0/s1. The summed E-state index contributed by atoms with van der Waals surface area (Å²) in [6.07, 6.45) is 8.38. The highest BCUT2D eigenvalue weighted by Crippen LogP contribution is 2.56. The molecule has 0 amide bonds. The molecule has 0 aliphatic heterocycles. The molecule has 0 unspecified atom stereocenters. The Hall–Kier alpha value is -4.96. The van der Waals surface area contributed by atoms with E-state index in [0.717, 1.165) is 10.8 Å². The Morgan fingerprint density at radius 3 is 2.09 bits per heavy atom. The summed E-state index contributed by atoms with van der Waals surface area (Å²) in [5.74, 6) is -3.27. The second-order valence-electron chi connectivity index (χ2n) is 10.5. The Bertz CT molecular complexity index is 2030. The van der Waals surface area contributed by atoms with Gasteiger partial charge in [0.2, 0.25) is 5.78 Å². The van der Waals surface area contributed by atoms with Crippen molar-refractivity contribution in [3.05, 3.63) is 96.6 Å². The molecule has 1 spiro atoms. The summed E-state index contributed by atoms with van der Waals surface area (Å²) in [6, 6.07) is 3.22. The second kappa shape index (κ2) is 10.3. The first-order chi connectivity index (χ1) is 21.1. The average molecular weight is 616 g/mol. The molecule has 0 saturated carbocycles. The lowest BCUT2D eigenvalue weighted by Gasteiger charge is -2.22. The van der Waals surface area contributed by atoms with Crippen LogP contribution >= 0.6 is 11.6 Å². The van der Waals surface area contributed by atoms with Gasteiger partial charge in [-0.15, -0.1) is 4.73 Å². The van der Waals surface area contributed by atoms with Gasteiger partial charge in [0.05, 0.1) is 59.7 Å². The number of rotatable bonds is 6. The number of Topliss-reactive ketones (excluding diaryl/α,β-unsaturated/α-hetero) is 3. The number of carbonyl (C=O) groups excluding carboxylic acids is 4. The molecule has 10 nitrogen and oxygen atoms in total. The van der Waals surface area contributed by atoms with Crippen LogP contribution in [0, 0.1) is 0 Å².